The van der Waals surface area contributed by atoms with Crippen LogP contribution >= 0.6 is 22.9 Å². The van der Waals surface area contributed by atoms with Crippen molar-refractivity contribution in [1.82, 2.24) is 5.32 Å². The van der Waals surface area contributed by atoms with Crippen LogP contribution in [0.5, 0.6) is 0 Å². The van der Waals surface area contributed by atoms with E-state index in [0.717, 1.165) is 21.3 Å². The maximum absolute atomic E-state index is 12.0. The van der Waals surface area contributed by atoms with Crippen molar-refractivity contribution in [2.45, 2.75) is 39.2 Å². The van der Waals surface area contributed by atoms with E-state index in [2.05, 4.69) is 29.7 Å². The highest BCUT2D eigenvalue weighted by Crippen LogP contribution is 2.26. The zero-order valence-electron chi connectivity index (χ0n) is 12.9. The summed E-state index contributed by atoms with van der Waals surface area (Å²) in [5, 5.41) is 5.76. The largest absolute Gasteiger partial charge is 0.331 e. The number of unbranched alkanes of at least 4 members (excludes halogenated alkanes) is 1. The van der Waals surface area contributed by atoms with Gasteiger partial charge in [0.25, 0.3) is 0 Å². The average molecular weight is 337 g/mol. The first-order valence-electron chi connectivity index (χ1n) is 7.50. The Labute approximate surface area is 140 Å². The van der Waals surface area contributed by atoms with Crippen LogP contribution in [0.3, 0.4) is 0 Å². The molecule has 0 aliphatic rings. The average Bonchev–Trinajstić information content (AvgIpc) is 2.93. The second kappa shape index (κ2) is 8.20. The number of halogens is 1. The Balaban J connectivity index is 1.86. The molecule has 1 aromatic carbocycles. The van der Waals surface area contributed by atoms with Gasteiger partial charge in [-0.1, -0.05) is 37.1 Å². The second-order valence-electron chi connectivity index (χ2n) is 5.26. The lowest BCUT2D eigenvalue weighted by atomic mass is 10.1. The summed E-state index contributed by atoms with van der Waals surface area (Å²) < 4.78 is 0.728. The number of benzene rings is 1. The molecule has 0 aliphatic heterocycles. The van der Waals surface area contributed by atoms with Gasteiger partial charge in [0, 0.05) is 10.6 Å². The van der Waals surface area contributed by atoms with Crippen molar-refractivity contribution >= 4 is 34.7 Å². The van der Waals surface area contributed by atoms with Crippen molar-refractivity contribution in [3.8, 4) is 0 Å². The van der Waals surface area contributed by atoms with E-state index in [1.165, 1.54) is 29.7 Å². The van der Waals surface area contributed by atoms with Crippen molar-refractivity contribution < 1.29 is 4.79 Å². The molecule has 2 aromatic rings. The van der Waals surface area contributed by atoms with Crippen LogP contribution < -0.4 is 10.6 Å². The number of amides is 2. The maximum atomic E-state index is 12.0. The van der Waals surface area contributed by atoms with Gasteiger partial charge in [-0.2, -0.15) is 0 Å². The first-order valence-corrected chi connectivity index (χ1v) is 8.69. The molecule has 1 aromatic heterocycles. The summed E-state index contributed by atoms with van der Waals surface area (Å²) in [6.07, 6.45) is 3.46. The summed E-state index contributed by atoms with van der Waals surface area (Å²) in [4.78, 5) is 13.0. The molecule has 3 nitrogen and oxygen atoms in total. The first kappa shape index (κ1) is 16.8. The van der Waals surface area contributed by atoms with Crippen LogP contribution in [0.25, 0.3) is 0 Å². The number of hydrogen-bond donors (Lipinski definition) is 2. The Hall–Kier alpha value is -1.52. The number of urea groups is 1. The summed E-state index contributed by atoms with van der Waals surface area (Å²) in [7, 11) is 0. The third-order valence-electron chi connectivity index (χ3n) is 3.40. The summed E-state index contributed by atoms with van der Waals surface area (Å²) >= 11 is 7.39. The summed E-state index contributed by atoms with van der Waals surface area (Å²) in [6.45, 7) is 4.12. The Bertz CT molecular complexity index is 609. The normalized spacial score (nSPS) is 12.0. The van der Waals surface area contributed by atoms with Gasteiger partial charge < -0.3 is 10.6 Å². The van der Waals surface area contributed by atoms with Gasteiger partial charge in [-0.15, -0.1) is 11.3 Å². The molecule has 0 saturated carbocycles. The van der Waals surface area contributed by atoms with Crippen molar-refractivity contribution in [3.63, 3.8) is 0 Å². The quantitative estimate of drug-likeness (QED) is 0.705. The number of carbonyl (C=O) groups is 1. The van der Waals surface area contributed by atoms with Crippen molar-refractivity contribution in [2.75, 3.05) is 5.32 Å². The van der Waals surface area contributed by atoms with E-state index in [4.69, 9.17) is 11.6 Å². The fourth-order valence-corrected chi connectivity index (χ4v) is 3.19. The summed E-state index contributed by atoms with van der Waals surface area (Å²) in [5.41, 5.74) is 2.10. The number of anilines is 1. The predicted molar refractivity (Wildman–Crippen MR) is 95.0 cm³/mol. The van der Waals surface area contributed by atoms with E-state index in [1.54, 1.807) is 0 Å². The minimum atomic E-state index is -0.210. The van der Waals surface area contributed by atoms with Gasteiger partial charge in [0.15, 0.2) is 0 Å². The zero-order chi connectivity index (χ0) is 15.9. The minimum absolute atomic E-state index is 0.0682. The van der Waals surface area contributed by atoms with E-state index in [1.807, 2.05) is 31.2 Å². The van der Waals surface area contributed by atoms with Gasteiger partial charge in [-0.25, -0.2) is 4.79 Å². The second-order valence-corrected chi connectivity index (χ2v) is 7.01. The molecule has 2 N–H and O–H groups in total. The molecule has 0 fully saturated rings. The fraction of sp³-hybridized carbons (Fsp3) is 0.353. The van der Waals surface area contributed by atoms with E-state index < -0.39 is 0 Å². The molecular weight excluding hydrogens is 316 g/mol. The first-order chi connectivity index (χ1) is 10.6. The molecule has 0 aliphatic carbocycles. The molecule has 118 valence electrons. The molecule has 0 radical (unpaired) electrons. The molecular formula is C17H21ClN2OS. The number of thiophene rings is 1. The Morgan fingerprint density at radius 2 is 1.95 bits per heavy atom. The van der Waals surface area contributed by atoms with Crippen LogP contribution in [0.1, 0.15) is 43.2 Å². The van der Waals surface area contributed by atoms with Crippen LogP contribution in [0, 0.1) is 0 Å². The van der Waals surface area contributed by atoms with Gasteiger partial charge in [0.2, 0.25) is 0 Å². The van der Waals surface area contributed by atoms with Crippen LogP contribution in [0.15, 0.2) is 36.4 Å². The number of rotatable bonds is 6. The third-order valence-corrected chi connectivity index (χ3v) is 4.81. The predicted octanol–water partition coefficient (Wildman–Crippen LogP) is 5.63. The molecule has 22 heavy (non-hydrogen) atoms. The number of nitrogens with one attached hydrogen (secondary N) is 2. The van der Waals surface area contributed by atoms with Gasteiger partial charge in [0.05, 0.1) is 10.4 Å². The Morgan fingerprint density at radius 3 is 2.55 bits per heavy atom. The van der Waals surface area contributed by atoms with Gasteiger partial charge in [0.1, 0.15) is 0 Å². The lowest BCUT2D eigenvalue weighted by molar-refractivity contribution is 0.249. The smallest absolute Gasteiger partial charge is 0.319 e. The van der Waals surface area contributed by atoms with Gasteiger partial charge in [-0.05, 0) is 49.6 Å². The van der Waals surface area contributed by atoms with E-state index >= 15 is 0 Å². The highest BCUT2D eigenvalue weighted by atomic mass is 35.5. The lowest BCUT2D eigenvalue weighted by Crippen LogP contribution is -2.30. The highest BCUT2D eigenvalue weighted by molar-refractivity contribution is 7.16. The van der Waals surface area contributed by atoms with Crippen LogP contribution in [-0.4, -0.2) is 6.03 Å². The SMILES string of the molecule is CCCCc1ccc(NC(=O)N[C@@H](C)c2ccc(Cl)s2)cc1. The lowest BCUT2D eigenvalue weighted by Gasteiger charge is -2.13. The highest BCUT2D eigenvalue weighted by Gasteiger charge is 2.11. The van der Waals surface area contributed by atoms with E-state index in [-0.39, 0.29) is 12.1 Å². The minimum Gasteiger partial charge on any atom is -0.331 e. The fourth-order valence-electron chi connectivity index (χ4n) is 2.13. The van der Waals surface area contributed by atoms with Crippen LogP contribution in [0.2, 0.25) is 4.34 Å². The summed E-state index contributed by atoms with van der Waals surface area (Å²) in [5.74, 6) is 0. The molecule has 0 bridgehead atoms. The van der Waals surface area contributed by atoms with Crippen LogP contribution in [-0.2, 0) is 6.42 Å². The Kier molecular flexibility index (Phi) is 6.28. The molecule has 0 spiro atoms. The maximum Gasteiger partial charge on any atom is 0.319 e. The topological polar surface area (TPSA) is 41.1 Å². The molecule has 0 unspecified atom stereocenters. The molecule has 1 heterocycles. The number of aryl methyl sites for hydroxylation is 1. The number of hydrogen-bond acceptors (Lipinski definition) is 2. The van der Waals surface area contributed by atoms with E-state index in [9.17, 15) is 4.79 Å². The Morgan fingerprint density at radius 1 is 1.23 bits per heavy atom. The monoisotopic (exact) mass is 336 g/mol. The number of carbonyl (C=O) groups excluding carboxylic acids is 1. The van der Waals surface area contributed by atoms with Crippen LogP contribution in [0.4, 0.5) is 10.5 Å². The standard InChI is InChI=1S/C17H21ClN2OS/c1-3-4-5-13-6-8-14(9-7-13)20-17(21)19-12(2)15-10-11-16(18)22-15/h6-12H,3-5H2,1-2H3,(H2,19,20,21)/t12-/m0/s1. The van der Waals surface area contributed by atoms with Gasteiger partial charge in [-0.3, -0.25) is 0 Å². The molecule has 2 amide bonds. The zero-order valence-corrected chi connectivity index (χ0v) is 14.4. The van der Waals surface area contributed by atoms with Gasteiger partial charge >= 0.3 is 6.03 Å². The van der Waals surface area contributed by atoms with Crippen molar-refractivity contribution in [3.05, 3.63) is 51.2 Å². The molecule has 1 atom stereocenters. The molecule has 0 saturated heterocycles. The van der Waals surface area contributed by atoms with Crippen molar-refractivity contribution in [1.29, 1.82) is 0 Å². The summed E-state index contributed by atoms with van der Waals surface area (Å²) in [6, 6.07) is 11.5. The van der Waals surface area contributed by atoms with E-state index in [0.29, 0.717) is 0 Å². The third kappa shape index (κ3) is 5.04. The molecule has 5 heteroatoms. The molecule has 2 rings (SSSR count). The van der Waals surface area contributed by atoms with Crippen molar-refractivity contribution in [2.24, 2.45) is 0 Å².